The van der Waals surface area contributed by atoms with Gasteiger partial charge in [-0.3, -0.25) is 0 Å². The Hall–Kier alpha value is -0.763. The third-order valence-electron chi connectivity index (χ3n) is 1.99. The zero-order chi connectivity index (χ0) is 10.6. The molecule has 0 aliphatic heterocycles. The van der Waals surface area contributed by atoms with Gasteiger partial charge in [-0.15, -0.1) is 0 Å². The van der Waals surface area contributed by atoms with Gasteiger partial charge in [-0.25, -0.2) is 0 Å². The highest BCUT2D eigenvalue weighted by Gasteiger charge is 2.13. The van der Waals surface area contributed by atoms with Crippen molar-refractivity contribution in [1.82, 2.24) is 0 Å². The van der Waals surface area contributed by atoms with Gasteiger partial charge in [0.15, 0.2) is 0 Å². The molecule has 0 saturated carbocycles. The van der Waals surface area contributed by atoms with Crippen LogP contribution in [-0.4, -0.2) is 16.8 Å². The molecule has 0 bridgehead atoms. The lowest BCUT2D eigenvalue weighted by Crippen LogP contribution is -2.08. The second-order valence-electron chi connectivity index (χ2n) is 4.78. The van der Waals surface area contributed by atoms with Crippen LogP contribution < -0.4 is 4.74 Å². The van der Waals surface area contributed by atoms with Crippen molar-refractivity contribution in [3.63, 3.8) is 0 Å². The van der Waals surface area contributed by atoms with Crippen molar-refractivity contribution in [3.05, 3.63) is 29.8 Å². The fourth-order valence-electron chi connectivity index (χ4n) is 1.52. The second-order valence-corrected chi connectivity index (χ2v) is 7.49. The van der Waals surface area contributed by atoms with E-state index in [4.69, 9.17) is 4.74 Å². The third-order valence-corrected chi connectivity index (χ3v) is 2.35. The van der Waals surface area contributed by atoms with E-state index >= 15 is 0 Å². The molecule has 0 N–H and O–H groups in total. The molecular weight excluding hydrogens is 188 g/mol. The van der Waals surface area contributed by atoms with E-state index in [9.17, 15) is 0 Å². The number of ether oxygens (including phenoxy) is 1. The maximum absolute atomic E-state index is 5.60. The molecular formula is C12H20OSi. The summed E-state index contributed by atoms with van der Waals surface area (Å²) in [4.78, 5) is 0. The van der Waals surface area contributed by atoms with Crippen molar-refractivity contribution in [2.24, 2.45) is 0 Å². The molecule has 0 spiro atoms. The zero-order valence-corrected chi connectivity index (χ0v) is 11.6. The standard InChI is InChI=1S/C12H20OSi/c1-4-13-11-8-6-5-7-10(11)9-12(2,3)14/h5-8H,4,9H2,1-3,14H3. The molecule has 0 unspecified atom stereocenters. The van der Waals surface area contributed by atoms with Gasteiger partial charge in [0.05, 0.1) is 6.61 Å². The van der Waals surface area contributed by atoms with Gasteiger partial charge in [-0.2, -0.15) is 0 Å². The number of benzene rings is 1. The van der Waals surface area contributed by atoms with Gasteiger partial charge in [0.25, 0.3) is 0 Å². The van der Waals surface area contributed by atoms with Crippen molar-refractivity contribution in [2.75, 3.05) is 6.61 Å². The topological polar surface area (TPSA) is 9.23 Å². The molecule has 1 aromatic carbocycles. The van der Waals surface area contributed by atoms with Gasteiger partial charge in [0, 0.05) is 10.2 Å². The fourth-order valence-corrected chi connectivity index (χ4v) is 1.90. The molecule has 1 aromatic rings. The highest BCUT2D eigenvalue weighted by Crippen LogP contribution is 2.29. The van der Waals surface area contributed by atoms with Crippen molar-refractivity contribution in [3.8, 4) is 5.75 Å². The molecule has 78 valence electrons. The normalized spacial score (nSPS) is 11.6. The van der Waals surface area contributed by atoms with Gasteiger partial charge in [-0.05, 0) is 30.0 Å². The van der Waals surface area contributed by atoms with Crippen LogP contribution in [0.3, 0.4) is 0 Å². The Morgan fingerprint density at radius 2 is 1.93 bits per heavy atom. The van der Waals surface area contributed by atoms with E-state index in [0.717, 1.165) is 18.8 Å². The first-order chi connectivity index (χ1) is 6.53. The summed E-state index contributed by atoms with van der Waals surface area (Å²) in [5.41, 5.74) is 1.34. The molecule has 0 fully saturated rings. The van der Waals surface area contributed by atoms with E-state index < -0.39 is 0 Å². The lowest BCUT2D eigenvalue weighted by molar-refractivity contribution is 0.335. The molecule has 2 heteroatoms. The van der Waals surface area contributed by atoms with Crippen molar-refractivity contribution in [1.29, 1.82) is 0 Å². The first-order valence-corrected chi connectivity index (χ1v) is 6.23. The molecule has 0 amide bonds. The van der Waals surface area contributed by atoms with Crippen LogP contribution in [-0.2, 0) is 6.42 Å². The van der Waals surface area contributed by atoms with Gasteiger partial charge < -0.3 is 4.74 Å². The van der Waals surface area contributed by atoms with Gasteiger partial charge in [0.2, 0.25) is 0 Å². The zero-order valence-electron chi connectivity index (χ0n) is 9.63. The maximum Gasteiger partial charge on any atom is 0.122 e. The second kappa shape index (κ2) is 4.65. The quantitative estimate of drug-likeness (QED) is 0.689. The summed E-state index contributed by atoms with van der Waals surface area (Å²) in [5.74, 6) is 1.05. The van der Waals surface area contributed by atoms with Crippen LogP contribution in [0.1, 0.15) is 26.3 Å². The highest BCUT2D eigenvalue weighted by atomic mass is 28.1. The van der Waals surface area contributed by atoms with E-state index in [1.807, 2.05) is 13.0 Å². The largest absolute Gasteiger partial charge is 0.494 e. The van der Waals surface area contributed by atoms with E-state index in [-0.39, 0.29) is 0 Å². The molecule has 0 radical (unpaired) electrons. The minimum absolute atomic E-state index is 0.452. The van der Waals surface area contributed by atoms with E-state index in [1.54, 1.807) is 0 Å². The van der Waals surface area contributed by atoms with Crippen LogP contribution in [0.5, 0.6) is 5.75 Å². The molecule has 1 rings (SSSR count). The van der Waals surface area contributed by atoms with Crippen molar-refractivity contribution in [2.45, 2.75) is 32.2 Å². The number of hydrogen-bond donors (Lipinski definition) is 0. The van der Waals surface area contributed by atoms with Crippen LogP contribution in [0.2, 0.25) is 5.04 Å². The lowest BCUT2D eigenvalue weighted by atomic mass is 10.0. The molecule has 0 aliphatic carbocycles. The summed E-state index contributed by atoms with van der Waals surface area (Å²) >= 11 is 0. The molecule has 1 nitrogen and oxygen atoms in total. The summed E-state index contributed by atoms with van der Waals surface area (Å²) in [6.07, 6.45) is 1.12. The van der Waals surface area contributed by atoms with E-state index in [0.29, 0.717) is 5.04 Å². The predicted molar refractivity (Wildman–Crippen MR) is 65.3 cm³/mol. The van der Waals surface area contributed by atoms with Crippen LogP contribution in [0.15, 0.2) is 24.3 Å². The Morgan fingerprint density at radius 1 is 1.29 bits per heavy atom. The van der Waals surface area contributed by atoms with Crippen LogP contribution >= 0.6 is 0 Å². The van der Waals surface area contributed by atoms with Crippen molar-refractivity contribution < 1.29 is 4.74 Å². The molecule has 0 heterocycles. The molecule has 0 aromatic heterocycles. The Balaban J connectivity index is 2.84. The average molecular weight is 208 g/mol. The van der Waals surface area contributed by atoms with Gasteiger partial charge in [0.1, 0.15) is 5.75 Å². The Morgan fingerprint density at radius 3 is 2.50 bits per heavy atom. The smallest absolute Gasteiger partial charge is 0.122 e. The minimum atomic E-state index is 0.452. The van der Waals surface area contributed by atoms with Crippen LogP contribution in [0.4, 0.5) is 0 Å². The van der Waals surface area contributed by atoms with Gasteiger partial charge >= 0.3 is 0 Å². The summed E-state index contributed by atoms with van der Waals surface area (Å²) in [6.45, 7) is 7.39. The summed E-state index contributed by atoms with van der Waals surface area (Å²) in [6, 6.07) is 8.36. The fraction of sp³-hybridized carbons (Fsp3) is 0.500. The predicted octanol–water partition coefficient (Wildman–Crippen LogP) is 2.19. The van der Waals surface area contributed by atoms with Crippen LogP contribution in [0.25, 0.3) is 0 Å². The number of hydrogen-bond acceptors (Lipinski definition) is 1. The Kier molecular flexibility index (Phi) is 3.75. The minimum Gasteiger partial charge on any atom is -0.494 e. The summed E-state index contributed by atoms with van der Waals surface area (Å²) in [7, 11) is 1.21. The maximum atomic E-state index is 5.60. The highest BCUT2D eigenvalue weighted by molar-refractivity contribution is 6.14. The van der Waals surface area contributed by atoms with E-state index in [1.165, 1.54) is 15.8 Å². The Bertz CT molecular complexity index is 289. The lowest BCUT2D eigenvalue weighted by Gasteiger charge is -2.20. The molecule has 0 atom stereocenters. The monoisotopic (exact) mass is 208 g/mol. The van der Waals surface area contributed by atoms with E-state index in [2.05, 4.69) is 32.0 Å². The van der Waals surface area contributed by atoms with Gasteiger partial charge in [-0.1, -0.05) is 32.0 Å². The first-order valence-electron chi connectivity index (χ1n) is 5.23. The number of rotatable bonds is 4. The molecule has 0 saturated heterocycles. The molecule has 14 heavy (non-hydrogen) atoms. The Labute approximate surface area is 89.9 Å². The van der Waals surface area contributed by atoms with Crippen molar-refractivity contribution >= 4 is 10.2 Å². The average Bonchev–Trinajstić information content (AvgIpc) is 2.06. The summed E-state index contributed by atoms with van der Waals surface area (Å²) in [5, 5.41) is 0.452. The molecule has 0 aliphatic rings. The SMILES string of the molecule is CCOc1ccccc1CC(C)(C)[SiH3]. The van der Waals surface area contributed by atoms with Crippen LogP contribution in [0, 0.1) is 0 Å². The summed E-state index contributed by atoms with van der Waals surface area (Å²) < 4.78 is 5.60. The third kappa shape index (κ3) is 3.54. The number of para-hydroxylation sites is 1. The first kappa shape index (κ1) is 11.3.